The van der Waals surface area contributed by atoms with E-state index in [-0.39, 0.29) is 20.6 Å². The van der Waals surface area contributed by atoms with Gasteiger partial charge in [-0.05, 0) is 60.7 Å². The van der Waals surface area contributed by atoms with Gasteiger partial charge in [0.25, 0.3) is 20.0 Å². The quantitative estimate of drug-likeness (QED) is 0.348. The van der Waals surface area contributed by atoms with Gasteiger partial charge in [-0.25, -0.2) is 16.8 Å². The number of fused-ring (bicyclic) bond motifs is 1. The van der Waals surface area contributed by atoms with E-state index in [1.807, 2.05) is 0 Å². The first-order valence-corrected chi connectivity index (χ1v) is 13.0. The van der Waals surface area contributed by atoms with Gasteiger partial charge in [0.05, 0.1) is 9.79 Å². The van der Waals surface area contributed by atoms with Gasteiger partial charge in [-0.1, -0.05) is 47.5 Å². The lowest BCUT2D eigenvalue weighted by Gasteiger charge is -2.14. The third kappa shape index (κ3) is 4.68. The highest BCUT2D eigenvalue weighted by Crippen LogP contribution is 2.31. The lowest BCUT2D eigenvalue weighted by Crippen LogP contribution is -2.15. The van der Waals surface area contributed by atoms with E-state index in [2.05, 4.69) is 9.44 Å². The van der Waals surface area contributed by atoms with E-state index in [4.69, 9.17) is 23.2 Å². The molecule has 6 nitrogen and oxygen atoms in total. The van der Waals surface area contributed by atoms with Crippen molar-refractivity contribution in [1.82, 2.24) is 0 Å². The summed E-state index contributed by atoms with van der Waals surface area (Å²) in [5.41, 5.74) is 0.666. The molecule has 4 rings (SSSR count). The van der Waals surface area contributed by atoms with Crippen molar-refractivity contribution in [3.05, 3.63) is 95.0 Å². The molecule has 0 aromatic heterocycles. The fourth-order valence-electron chi connectivity index (χ4n) is 3.18. The van der Waals surface area contributed by atoms with Gasteiger partial charge >= 0.3 is 0 Å². The van der Waals surface area contributed by atoms with Crippen LogP contribution in [-0.4, -0.2) is 16.8 Å². The van der Waals surface area contributed by atoms with Crippen LogP contribution < -0.4 is 9.44 Å². The van der Waals surface area contributed by atoms with Crippen molar-refractivity contribution in [2.75, 3.05) is 9.44 Å². The van der Waals surface area contributed by atoms with Gasteiger partial charge in [0.2, 0.25) is 0 Å². The van der Waals surface area contributed by atoms with Crippen LogP contribution in [0.3, 0.4) is 0 Å². The van der Waals surface area contributed by atoms with Crippen LogP contribution in [0.25, 0.3) is 10.8 Å². The first kappa shape index (κ1) is 22.4. The summed E-state index contributed by atoms with van der Waals surface area (Å²) < 4.78 is 57.2. The van der Waals surface area contributed by atoms with Crippen LogP contribution in [0.4, 0.5) is 11.4 Å². The van der Waals surface area contributed by atoms with Crippen molar-refractivity contribution in [2.45, 2.75) is 9.79 Å². The minimum atomic E-state index is -4.00. The van der Waals surface area contributed by atoms with Gasteiger partial charge in [0, 0.05) is 32.2 Å². The zero-order chi connectivity index (χ0) is 22.9. The number of rotatable bonds is 6. The van der Waals surface area contributed by atoms with E-state index in [9.17, 15) is 16.8 Å². The molecule has 0 atom stereocenters. The van der Waals surface area contributed by atoms with E-state index in [1.165, 1.54) is 48.5 Å². The van der Waals surface area contributed by atoms with Crippen LogP contribution in [0.5, 0.6) is 0 Å². The fraction of sp³-hybridized carbons (Fsp3) is 0. The molecule has 32 heavy (non-hydrogen) atoms. The highest BCUT2D eigenvalue weighted by atomic mass is 35.5. The van der Waals surface area contributed by atoms with Crippen LogP contribution in [0, 0.1) is 0 Å². The highest BCUT2D eigenvalue weighted by Gasteiger charge is 2.22. The van der Waals surface area contributed by atoms with Crippen molar-refractivity contribution >= 4 is 65.4 Å². The summed E-state index contributed by atoms with van der Waals surface area (Å²) in [7, 11) is -8.00. The van der Waals surface area contributed by atoms with Gasteiger partial charge in [-0.3, -0.25) is 9.44 Å². The Hall–Kier alpha value is -2.78. The Morgan fingerprint density at radius 3 is 1.19 bits per heavy atom. The van der Waals surface area contributed by atoms with Crippen LogP contribution in [0.15, 0.2) is 94.7 Å². The summed E-state index contributed by atoms with van der Waals surface area (Å²) in [6.07, 6.45) is 0. The van der Waals surface area contributed by atoms with Crippen molar-refractivity contribution < 1.29 is 16.8 Å². The second kappa shape index (κ2) is 8.63. The predicted molar refractivity (Wildman–Crippen MR) is 128 cm³/mol. The monoisotopic (exact) mass is 506 g/mol. The third-order valence-corrected chi connectivity index (χ3v) is 8.00. The molecule has 0 saturated carbocycles. The van der Waals surface area contributed by atoms with Crippen molar-refractivity contribution in [1.29, 1.82) is 0 Å². The number of hydrogen-bond acceptors (Lipinski definition) is 4. The molecule has 0 aliphatic heterocycles. The molecule has 2 N–H and O–H groups in total. The molecule has 0 fully saturated rings. The Balaban J connectivity index is 1.77. The molecule has 0 saturated heterocycles. The molecule has 0 heterocycles. The number of anilines is 2. The van der Waals surface area contributed by atoms with Crippen molar-refractivity contribution in [3.8, 4) is 0 Å². The Morgan fingerprint density at radius 2 is 0.844 bits per heavy atom. The van der Waals surface area contributed by atoms with Gasteiger partial charge in [0.1, 0.15) is 0 Å². The Bertz CT molecular complexity index is 1390. The normalized spacial score (nSPS) is 11.9. The van der Waals surface area contributed by atoms with Crippen LogP contribution >= 0.6 is 23.2 Å². The first-order chi connectivity index (χ1) is 15.2. The number of hydrogen-bond donors (Lipinski definition) is 2. The maximum absolute atomic E-state index is 13.1. The van der Waals surface area contributed by atoms with Crippen LogP contribution in [0.1, 0.15) is 0 Å². The molecule has 10 heteroatoms. The fourth-order valence-corrected chi connectivity index (χ4v) is 5.99. The maximum atomic E-state index is 13.1. The van der Waals surface area contributed by atoms with E-state index in [0.29, 0.717) is 21.4 Å². The lowest BCUT2D eigenvalue weighted by molar-refractivity contribution is 0.599. The topological polar surface area (TPSA) is 92.3 Å². The summed E-state index contributed by atoms with van der Waals surface area (Å²) >= 11 is 11.7. The molecule has 4 aromatic carbocycles. The number of nitrogens with one attached hydrogen (secondary N) is 2. The zero-order valence-corrected chi connectivity index (χ0v) is 19.4. The smallest absolute Gasteiger partial charge is 0.262 e. The zero-order valence-electron chi connectivity index (χ0n) is 16.3. The lowest BCUT2D eigenvalue weighted by atomic mass is 10.1. The molecule has 0 aliphatic rings. The Kier molecular flexibility index (Phi) is 6.05. The van der Waals surface area contributed by atoms with Crippen molar-refractivity contribution in [2.24, 2.45) is 0 Å². The SMILES string of the molecule is O=S(=O)(Nc1ccc(Cl)cc1)c1cccc2c(S(=O)(=O)Nc3ccc(Cl)cc3)cccc12. The van der Waals surface area contributed by atoms with Gasteiger partial charge in [-0.2, -0.15) is 0 Å². The van der Waals surface area contributed by atoms with E-state index < -0.39 is 20.0 Å². The molecule has 0 amide bonds. The molecule has 0 radical (unpaired) electrons. The average molecular weight is 507 g/mol. The third-order valence-electron chi connectivity index (χ3n) is 4.61. The summed E-state index contributed by atoms with van der Waals surface area (Å²) in [5, 5.41) is 1.49. The molecule has 164 valence electrons. The largest absolute Gasteiger partial charge is 0.280 e. The predicted octanol–water partition coefficient (Wildman–Crippen LogP) is 5.75. The standard InChI is InChI=1S/C22H16Cl2N2O4S2/c23-15-7-11-17(12-8-15)25-31(27,28)21-5-1-3-19-20(21)4-2-6-22(19)32(29,30)26-18-13-9-16(24)10-14-18/h1-14,25-26H. The Labute approximate surface area is 195 Å². The second-order valence-corrected chi connectivity index (χ2v) is 11.0. The minimum absolute atomic E-state index is 0.0477. The molecular formula is C22H16Cl2N2O4S2. The van der Waals surface area contributed by atoms with Crippen LogP contribution in [-0.2, 0) is 20.0 Å². The van der Waals surface area contributed by atoms with Gasteiger partial charge in [-0.15, -0.1) is 0 Å². The molecule has 0 spiro atoms. The molecule has 0 unspecified atom stereocenters. The maximum Gasteiger partial charge on any atom is 0.262 e. The molecule has 4 aromatic rings. The van der Waals surface area contributed by atoms with Gasteiger partial charge in [0.15, 0.2) is 0 Å². The number of halogens is 2. The minimum Gasteiger partial charge on any atom is -0.280 e. The van der Waals surface area contributed by atoms with E-state index >= 15 is 0 Å². The molecule has 0 bridgehead atoms. The van der Waals surface area contributed by atoms with Crippen molar-refractivity contribution in [3.63, 3.8) is 0 Å². The number of benzene rings is 4. The first-order valence-electron chi connectivity index (χ1n) is 9.24. The second-order valence-electron chi connectivity index (χ2n) is 6.83. The van der Waals surface area contributed by atoms with Crippen LogP contribution in [0.2, 0.25) is 10.0 Å². The van der Waals surface area contributed by atoms with E-state index in [0.717, 1.165) is 0 Å². The average Bonchev–Trinajstić information content (AvgIpc) is 2.76. The summed E-state index contributed by atoms with van der Waals surface area (Å²) in [4.78, 5) is -0.0954. The molecular weight excluding hydrogens is 491 g/mol. The van der Waals surface area contributed by atoms with E-state index in [1.54, 1.807) is 36.4 Å². The number of sulfonamides is 2. The van der Waals surface area contributed by atoms with Gasteiger partial charge < -0.3 is 0 Å². The summed E-state index contributed by atoms with van der Waals surface area (Å²) in [6.45, 7) is 0. The highest BCUT2D eigenvalue weighted by molar-refractivity contribution is 7.93. The Morgan fingerprint density at radius 1 is 0.500 bits per heavy atom. The summed E-state index contributed by atoms with van der Waals surface area (Å²) in [5.74, 6) is 0. The summed E-state index contributed by atoms with van der Waals surface area (Å²) in [6, 6.07) is 21.4. The molecule has 0 aliphatic carbocycles.